The summed E-state index contributed by atoms with van der Waals surface area (Å²) in [6.07, 6.45) is 6.87. The van der Waals surface area contributed by atoms with Crippen LogP contribution in [0.5, 0.6) is 0 Å². The zero-order valence-electron chi connectivity index (χ0n) is 12.8. The molecule has 2 heteroatoms. The van der Waals surface area contributed by atoms with E-state index in [2.05, 4.69) is 6.08 Å². The molecule has 0 aliphatic heterocycles. The minimum absolute atomic E-state index is 0.0874. The maximum Gasteiger partial charge on any atom is 0.170 e. The summed E-state index contributed by atoms with van der Waals surface area (Å²) in [4.78, 5) is 12.7. The Kier molecular flexibility index (Phi) is 3.96. The minimum Gasteiger partial charge on any atom is -0.500 e. The van der Waals surface area contributed by atoms with Gasteiger partial charge in [0.1, 0.15) is 5.76 Å². The van der Waals surface area contributed by atoms with Crippen LogP contribution in [0.1, 0.15) is 43.0 Å². The van der Waals surface area contributed by atoms with Gasteiger partial charge in [-0.3, -0.25) is 4.79 Å². The van der Waals surface area contributed by atoms with Crippen molar-refractivity contribution in [2.24, 2.45) is 11.8 Å². The monoisotopic (exact) mass is 282 g/mol. The second kappa shape index (κ2) is 5.88. The molecule has 2 aliphatic rings. The fraction of sp³-hybridized carbons (Fsp3) is 0.421. The number of Topliss-reactive ketones (excluding diaryl/α,β-unsaturated/α-hetero) is 1. The van der Waals surface area contributed by atoms with Crippen molar-refractivity contribution in [2.45, 2.75) is 32.6 Å². The molecule has 2 unspecified atom stereocenters. The third-order valence-electron chi connectivity index (χ3n) is 4.78. The molecular weight excluding hydrogens is 260 g/mol. The Morgan fingerprint density at radius 1 is 1.24 bits per heavy atom. The van der Waals surface area contributed by atoms with Gasteiger partial charge in [0.05, 0.1) is 7.11 Å². The van der Waals surface area contributed by atoms with Crippen LogP contribution < -0.4 is 0 Å². The van der Waals surface area contributed by atoms with Crippen LogP contribution >= 0.6 is 0 Å². The van der Waals surface area contributed by atoms with Crippen molar-refractivity contribution in [3.8, 4) is 0 Å². The lowest BCUT2D eigenvalue weighted by molar-refractivity contribution is 0.0949. The molecule has 110 valence electrons. The molecule has 0 radical (unpaired) electrons. The van der Waals surface area contributed by atoms with E-state index in [1.165, 1.54) is 24.0 Å². The lowest BCUT2D eigenvalue weighted by atomic mass is 9.81. The van der Waals surface area contributed by atoms with E-state index < -0.39 is 0 Å². The smallest absolute Gasteiger partial charge is 0.170 e. The lowest BCUT2D eigenvalue weighted by Crippen LogP contribution is -2.16. The molecule has 0 heterocycles. The van der Waals surface area contributed by atoms with Gasteiger partial charge in [-0.2, -0.15) is 0 Å². The molecule has 1 aromatic carbocycles. The second-order valence-electron chi connectivity index (χ2n) is 5.98. The van der Waals surface area contributed by atoms with Crippen molar-refractivity contribution in [1.82, 2.24) is 0 Å². The maximum atomic E-state index is 12.7. The average molecular weight is 282 g/mol. The molecular formula is C19H22O2. The summed E-state index contributed by atoms with van der Waals surface area (Å²) in [6.45, 7) is 2.03. The van der Waals surface area contributed by atoms with Gasteiger partial charge in [0.2, 0.25) is 0 Å². The number of ketones is 1. The van der Waals surface area contributed by atoms with Gasteiger partial charge < -0.3 is 4.74 Å². The lowest BCUT2D eigenvalue weighted by Gasteiger charge is -2.24. The zero-order valence-corrected chi connectivity index (χ0v) is 12.8. The SMILES string of the molecule is COC1=CC(C(C)C(=O)c2ccccc2)=C2CCCCC12. The number of rotatable bonds is 4. The number of carbonyl (C=O) groups excluding carboxylic acids is 1. The first-order valence-corrected chi connectivity index (χ1v) is 7.80. The number of allylic oxidation sites excluding steroid dienone is 3. The number of hydrogen-bond acceptors (Lipinski definition) is 2. The summed E-state index contributed by atoms with van der Waals surface area (Å²) in [5.41, 5.74) is 3.44. The van der Waals surface area contributed by atoms with Crippen LogP contribution in [-0.2, 0) is 4.74 Å². The molecule has 1 saturated carbocycles. The van der Waals surface area contributed by atoms with E-state index in [0.29, 0.717) is 5.92 Å². The Labute approximate surface area is 126 Å². The van der Waals surface area contributed by atoms with Gasteiger partial charge in [-0.25, -0.2) is 0 Å². The van der Waals surface area contributed by atoms with Gasteiger partial charge in [0.25, 0.3) is 0 Å². The summed E-state index contributed by atoms with van der Waals surface area (Å²) in [5, 5.41) is 0. The van der Waals surface area contributed by atoms with E-state index in [4.69, 9.17) is 4.74 Å². The average Bonchev–Trinajstić information content (AvgIpc) is 2.93. The fourth-order valence-corrected chi connectivity index (χ4v) is 3.62. The Balaban J connectivity index is 1.91. The van der Waals surface area contributed by atoms with Gasteiger partial charge in [-0.1, -0.05) is 49.2 Å². The Bertz CT molecular complexity index is 595. The number of benzene rings is 1. The highest BCUT2D eigenvalue weighted by molar-refractivity contribution is 5.99. The highest BCUT2D eigenvalue weighted by Gasteiger charge is 2.34. The standard InChI is InChI=1S/C19H22O2/c1-13(19(20)14-8-4-3-5-9-14)17-12-18(21-2)16-11-7-6-10-15(16)17/h3-5,8-9,12-13,16H,6-7,10-11H2,1-2H3. The van der Waals surface area contributed by atoms with Crippen LogP contribution in [-0.4, -0.2) is 12.9 Å². The van der Waals surface area contributed by atoms with Crippen molar-refractivity contribution < 1.29 is 9.53 Å². The molecule has 2 nitrogen and oxygen atoms in total. The molecule has 0 amide bonds. The van der Waals surface area contributed by atoms with Crippen LogP contribution in [0.3, 0.4) is 0 Å². The van der Waals surface area contributed by atoms with E-state index in [9.17, 15) is 4.79 Å². The van der Waals surface area contributed by atoms with Crippen molar-refractivity contribution in [3.05, 3.63) is 58.9 Å². The fourth-order valence-electron chi connectivity index (χ4n) is 3.62. The topological polar surface area (TPSA) is 26.3 Å². The van der Waals surface area contributed by atoms with Gasteiger partial charge in [0, 0.05) is 17.4 Å². The molecule has 0 N–H and O–H groups in total. The molecule has 0 aromatic heterocycles. The summed E-state index contributed by atoms with van der Waals surface area (Å²) >= 11 is 0. The molecule has 0 bridgehead atoms. The van der Waals surface area contributed by atoms with E-state index in [1.54, 1.807) is 7.11 Å². The third kappa shape index (κ3) is 2.55. The molecule has 2 aliphatic carbocycles. The van der Waals surface area contributed by atoms with Crippen molar-refractivity contribution in [3.63, 3.8) is 0 Å². The third-order valence-corrected chi connectivity index (χ3v) is 4.78. The number of carbonyl (C=O) groups is 1. The first-order chi connectivity index (χ1) is 10.2. The summed E-state index contributed by atoms with van der Waals surface area (Å²) in [5.74, 6) is 1.59. The first-order valence-electron chi connectivity index (χ1n) is 7.80. The molecule has 21 heavy (non-hydrogen) atoms. The molecule has 0 spiro atoms. The summed E-state index contributed by atoms with van der Waals surface area (Å²) in [7, 11) is 1.74. The highest BCUT2D eigenvalue weighted by Crippen LogP contribution is 2.44. The van der Waals surface area contributed by atoms with Crippen molar-refractivity contribution in [2.75, 3.05) is 7.11 Å². The predicted molar refractivity (Wildman–Crippen MR) is 84.0 cm³/mol. The van der Waals surface area contributed by atoms with Gasteiger partial charge in [0.15, 0.2) is 5.78 Å². The second-order valence-corrected chi connectivity index (χ2v) is 5.98. The van der Waals surface area contributed by atoms with Crippen LogP contribution in [0.25, 0.3) is 0 Å². The Morgan fingerprint density at radius 2 is 2.00 bits per heavy atom. The van der Waals surface area contributed by atoms with Crippen LogP contribution in [0.4, 0.5) is 0 Å². The molecule has 1 aromatic rings. The van der Waals surface area contributed by atoms with E-state index in [0.717, 1.165) is 24.2 Å². The predicted octanol–water partition coefficient (Wildman–Crippen LogP) is 4.54. The number of ether oxygens (including phenoxy) is 1. The van der Waals surface area contributed by atoms with Crippen LogP contribution in [0.2, 0.25) is 0 Å². The summed E-state index contributed by atoms with van der Waals surface area (Å²) in [6, 6.07) is 9.59. The molecule has 0 saturated heterocycles. The number of methoxy groups -OCH3 is 1. The van der Waals surface area contributed by atoms with Crippen molar-refractivity contribution in [1.29, 1.82) is 0 Å². The Hall–Kier alpha value is -1.83. The van der Waals surface area contributed by atoms with Gasteiger partial charge >= 0.3 is 0 Å². The summed E-state index contributed by atoms with van der Waals surface area (Å²) < 4.78 is 5.55. The number of hydrogen-bond donors (Lipinski definition) is 0. The zero-order chi connectivity index (χ0) is 14.8. The largest absolute Gasteiger partial charge is 0.500 e. The van der Waals surface area contributed by atoms with Crippen LogP contribution in [0, 0.1) is 11.8 Å². The minimum atomic E-state index is -0.0874. The van der Waals surface area contributed by atoms with E-state index in [-0.39, 0.29) is 11.7 Å². The normalized spacial score (nSPS) is 22.6. The van der Waals surface area contributed by atoms with Crippen molar-refractivity contribution >= 4 is 5.78 Å². The highest BCUT2D eigenvalue weighted by atomic mass is 16.5. The number of fused-ring (bicyclic) bond motifs is 1. The van der Waals surface area contributed by atoms with Crippen LogP contribution in [0.15, 0.2) is 53.3 Å². The van der Waals surface area contributed by atoms with Gasteiger partial charge in [-0.15, -0.1) is 0 Å². The van der Waals surface area contributed by atoms with E-state index in [1.807, 2.05) is 37.3 Å². The maximum absolute atomic E-state index is 12.7. The molecule has 1 fully saturated rings. The Morgan fingerprint density at radius 3 is 2.71 bits per heavy atom. The van der Waals surface area contributed by atoms with E-state index >= 15 is 0 Å². The first kappa shape index (κ1) is 14.1. The molecule has 3 rings (SSSR count). The quantitative estimate of drug-likeness (QED) is 0.758. The molecule has 2 atom stereocenters. The van der Waals surface area contributed by atoms with Gasteiger partial charge in [-0.05, 0) is 30.9 Å².